The minimum Gasteiger partial charge on any atom is -0.484 e. The molecular formula is C16H22N4O. The zero-order valence-corrected chi connectivity index (χ0v) is 12.5. The molecule has 112 valence electrons. The lowest BCUT2D eigenvalue weighted by molar-refractivity contribution is 0.300. The zero-order chi connectivity index (χ0) is 14.5. The summed E-state index contributed by atoms with van der Waals surface area (Å²) in [6.45, 7) is 4.37. The van der Waals surface area contributed by atoms with Crippen molar-refractivity contribution >= 4 is 0 Å². The van der Waals surface area contributed by atoms with Crippen molar-refractivity contribution in [2.75, 3.05) is 0 Å². The van der Waals surface area contributed by atoms with E-state index in [1.807, 2.05) is 23.0 Å². The van der Waals surface area contributed by atoms with Gasteiger partial charge in [-0.15, -0.1) is 0 Å². The third-order valence-corrected chi connectivity index (χ3v) is 3.46. The van der Waals surface area contributed by atoms with Crippen LogP contribution in [0.2, 0.25) is 0 Å². The van der Waals surface area contributed by atoms with Crippen LogP contribution in [0.1, 0.15) is 37.6 Å². The summed E-state index contributed by atoms with van der Waals surface area (Å²) in [5, 5.41) is 7.73. The van der Waals surface area contributed by atoms with Crippen LogP contribution in [0.4, 0.5) is 0 Å². The second-order valence-corrected chi connectivity index (χ2v) is 5.50. The van der Waals surface area contributed by atoms with Gasteiger partial charge in [0.15, 0.2) is 5.75 Å². The molecule has 1 aliphatic rings. The summed E-state index contributed by atoms with van der Waals surface area (Å²) in [6.07, 6.45) is 7.35. The summed E-state index contributed by atoms with van der Waals surface area (Å²) in [4.78, 5) is 4.62. The van der Waals surface area contributed by atoms with Crippen LogP contribution in [0.15, 0.2) is 30.6 Å². The van der Waals surface area contributed by atoms with E-state index in [9.17, 15) is 0 Å². The highest BCUT2D eigenvalue weighted by Gasteiger charge is 2.20. The minimum absolute atomic E-state index is 0.481. The van der Waals surface area contributed by atoms with E-state index in [1.54, 1.807) is 6.20 Å². The zero-order valence-electron chi connectivity index (χ0n) is 12.5. The molecule has 2 aromatic rings. The van der Waals surface area contributed by atoms with E-state index in [1.165, 1.54) is 12.8 Å². The van der Waals surface area contributed by atoms with Crippen LogP contribution in [-0.2, 0) is 19.7 Å². The molecule has 0 amide bonds. The molecule has 0 bridgehead atoms. The molecule has 0 aromatic carbocycles. The van der Waals surface area contributed by atoms with Crippen molar-refractivity contribution in [3.63, 3.8) is 0 Å². The molecule has 2 heterocycles. The van der Waals surface area contributed by atoms with Crippen LogP contribution in [0.3, 0.4) is 0 Å². The van der Waals surface area contributed by atoms with Gasteiger partial charge >= 0.3 is 0 Å². The van der Waals surface area contributed by atoms with Gasteiger partial charge in [-0.2, -0.15) is 5.10 Å². The van der Waals surface area contributed by atoms with Crippen molar-refractivity contribution in [3.05, 3.63) is 42.0 Å². The fourth-order valence-corrected chi connectivity index (χ4v) is 2.17. The van der Waals surface area contributed by atoms with Gasteiger partial charge < -0.3 is 10.1 Å². The van der Waals surface area contributed by atoms with Crippen molar-refractivity contribution in [2.45, 2.75) is 51.9 Å². The summed E-state index contributed by atoms with van der Waals surface area (Å²) in [5.74, 6) is 0.798. The molecule has 1 fully saturated rings. The van der Waals surface area contributed by atoms with Gasteiger partial charge in [0.1, 0.15) is 6.61 Å². The van der Waals surface area contributed by atoms with Gasteiger partial charge in [-0.25, -0.2) is 0 Å². The summed E-state index contributed by atoms with van der Waals surface area (Å²) < 4.78 is 7.65. The molecule has 5 heteroatoms. The van der Waals surface area contributed by atoms with Crippen molar-refractivity contribution < 1.29 is 4.74 Å². The first-order chi connectivity index (χ1) is 10.3. The van der Waals surface area contributed by atoms with Gasteiger partial charge in [0.25, 0.3) is 0 Å². The Bertz CT molecular complexity index is 577. The molecule has 1 saturated carbocycles. The van der Waals surface area contributed by atoms with E-state index < -0.39 is 0 Å². The number of ether oxygens (including phenoxy) is 1. The summed E-state index contributed by atoms with van der Waals surface area (Å²) in [6, 6.07) is 6.79. The van der Waals surface area contributed by atoms with Gasteiger partial charge in [0.05, 0.1) is 23.8 Å². The van der Waals surface area contributed by atoms with Gasteiger partial charge in [0, 0.05) is 19.1 Å². The van der Waals surface area contributed by atoms with Gasteiger partial charge in [-0.1, -0.05) is 13.0 Å². The van der Waals surface area contributed by atoms with Crippen LogP contribution in [-0.4, -0.2) is 20.8 Å². The molecule has 21 heavy (non-hydrogen) atoms. The number of hydrogen-bond acceptors (Lipinski definition) is 4. The molecule has 0 radical (unpaired) electrons. The molecule has 0 atom stereocenters. The van der Waals surface area contributed by atoms with E-state index in [0.717, 1.165) is 36.6 Å². The lowest BCUT2D eigenvalue weighted by atomic mass is 10.3. The average molecular weight is 286 g/mol. The molecule has 1 N–H and O–H groups in total. The van der Waals surface area contributed by atoms with Crippen molar-refractivity contribution in [3.8, 4) is 5.75 Å². The highest BCUT2D eigenvalue weighted by Crippen LogP contribution is 2.19. The second kappa shape index (κ2) is 6.72. The van der Waals surface area contributed by atoms with Crippen LogP contribution >= 0.6 is 0 Å². The Labute approximate surface area is 125 Å². The van der Waals surface area contributed by atoms with Crippen molar-refractivity contribution in [2.24, 2.45) is 0 Å². The number of aryl methyl sites for hydroxylation is 1. The van der Waals surface area contributed by atoms with Gasteiger partial charge in [-0.05, 0) is 31.4 Å². The highest BCUT2D eigenvalue weighted by molar-refractivity contribution is 5.14. The van der Waals surface area contributed by atoms with Crippen molar-refractivity contribution in [1.29, 1.82) is 0 Å². The normalized spacial score (nSPS) is 14.3. The minimum atomic E-state index is 0.481. The molecule has 0 saturated heterocycles. The summed E-state index contributed by atoms with van der Waals surface area (Å²) >= 11 is 0. The molecule has 2 aromatic heterocycles. The number of nitrogens with zero attached hydrogens (tertiary/aromatic N) is 3. The number of rotatable bonds is 8. The number of pyridine rings is 1. The Morgan fingerprint density at radius 3 is 3.00 bits per heavy atom. The first-order valence-corrected chi connectivity index (χ1v) is 7.67. The number of hydrogen-bond donors (Lipinski definition) is 1. The Balaban J connectivity index is 1.52. The third-order valence-electron chi connectivity index (χ3n) is 3.46. The quantitative estimate of drug-likeness (QED) is 0.810. The van der Waals surface area contributed by atoms with E-state index in [2.05, 4.69) is 28.4 Å². The lowest BCUT2D eigenvalue weighted by Gasteiger charge is -2.06. The lowest BCUT2D eigenvalue weighted by Crippen LogP contribution is -2.16. The molecule has 3 rings (SSSR count). The first-order valence-electron chi connectivity index (χ1n) is 7.67. The van der Waals surface area contributed by atoms with E-state index in [0.29, 0.717) is 12.6 Å². The Hall–Kier alpha value is -1.88. The maximum Gasteiger partial charge on any atom is 0.157 e. The fraction of sp³-hybridized carbons (Fsp3) is 0.500. The molecular weight excluding hydrogens is 264 g/mol. The molecule has 0 aliphatic heterocycles. The summed E-state index contributed by atoms with van der Waals surface area (Å²) in [5.41, 5.74) is 2.03. The van der Waals surface area contributed by atoms with E-state index in [-0.39, 0.29) is 0 Å². The van der Waals surface area contributed by atoms with Crippen LogP contribution < -0.4 is 10.1 Å². The predicted octanol–water partition coefficient (Wildman–Crippen LogP) is 2.52. The second-order valence-electron chi connectivity index (χ2n) is 5.50. The largest absolute Gasteiger partial charge is 0.484 e. The third kappa shape index (κ3) is 4.29. The SMILES string of the molecule is CCCn1cc(OCc2cccc(CNC3CC3)n2)cn1. The van der Waals surface area contributed by atoms with Crippen molar-refractivity contribution in [1.82, 2.24) is 20.1 Å². The maximum absolute atomic E-state index is 5.75. The van der Waals surface area contributed by atoms with E-state index >= 15 is 0 Å². The topological polar surface area (TPSA) is 52.0 Å². The molecule has 0 spiro atoms. The molecule has 5 nitrogen and oxygen atoms in total. The standard InChI is InChI=1S/C16H22N4O/c1-2-8-20-11-16(10-18-20)21-12-15-5-3-4-14(19-15)9-17-13-6-7-13/h3-5,10-11,13,17H,2,6-9,12H2,1H3. The van der Waals surface area contributed by atoms with E-state index in [4.69, 9.17) is 4.74 Å². The van der Waals surface area contributed by atoms with Gasteiger partial charge in [-0.3, -0.25) is 9.67 Å². The molecule has 0 unspecified atom stereocenters. The first kappa shape index (κ1) is 14.1. The average Bonchev–Trinajstić information content (AvgIpc) is 3.23. The van der Waals surface area contributed by atoms with Crippen LogP contribution in [0, 0.1) is 0 Å². The van der Waals surface area contributed by atoms with Crippen LogP contribution in [0.25, 0.3) is 0 Å². The van der Waals surface area contributed by atoms with Crippen LogP contribution in [0.5, 0.6) is 5.75 Å². The number of aromatic nitrogens is 3. The monoisotopic (exact) mass is 286 g/mol. The Morgan fingerprint density at radius 2 is 2.19 bits per heavy atom. The predicted molar refractivity (Wildman–Crippen MR) is 80.9 cm³/mol. The Kier molecular flexibility index (Phi) is 4.50. The Morgan fingerprint density at radius 1 is 1.33 bits per heavy atom. The smallest absolute Gasteiger partial charge is 0.157 e. The maximum atomic E-state index is 5.75. The molecule has 1 aliphatic carbocycles. The number of nitrogens with one attached hydrogen (secondary N) is 1. The summed E-state index contributed by atoms with van der Waals surface area (Å²) in [7, 11) is 0. The highest BCUT2D eigenvalue weighted by atomic mass is 16.5. The fourth-order valence-electron chi connectivity index (χ4n) is 2.17. The van der Waals surface area contributed by atoms with Gasteiger partial charge in [0.2, 0.25) is 0 Å².